The second-order valence-electron chi connectivity index (χ2n) is 4.38. The molecule has 0 N–H and O–H groups in total. The molecule has 14 heavy (non-hydrogen) atoms. The summed E-state index contributed by atoms with van der Waals surface area (Å²) in [4.78, 5) is 0. The molecule has 0 aromatic rings. The van der Waals surface area contributed by atoms with E-state index in [-0.39, 0.29) is 0 Å². The van der Waals surface area contributed by atoms with Crippen LogP contribution in [0.25, 0.3) is 0 Å². The van der Waals surface area contributed by atoms with Crippen LogP contribution in [0.1, 0.15) is 45.4 Å². The second kappa shape index (κ2) is 7.28. The zero-order valence-electron chi connectivity index (χ0n) is 9.50. The van der Waals surface area contributed by atoms with Crippen molar-refractivity contribution in [3.05, 3.63) is 13.3 Å². The lowest BCUT2D eigenvalue weighted by atomic mass is 10.0. The molecule has 0 saturated heterocycles. The van der Waals surface area contributed by atoms with E-state index in [4.69, 9.17) is 4.74 Å². The SMILES string of the molecule is [CH2]CC1C[CH]C(CCOCCCC)C1. The summed E-state index contributed by atoms with van der Waals surface area (Å²) in [6, 6.07) is 0. The average molecular weight is 196 g/mol. The van der Waals surface area contributed by atoms with Gasteiger partial charge in [-0.15, -0.1) is 0 Å². The predicted molar refractivity (Wildman–Crippen MR) is 60.8 cm³/mol. The van der Waals surface area contributed by atoms with Crippen molar-refractivity contribution in [3.63, 3.8) is 0 Å². The Bertz CT molecular complexity index is 133. The Morgan fingerprint density at radius 2 is 2.29 bits per heavy atom. The van der Waals surface area contributed by atoms with Gasteiger partial charge in [0.15, 0.2) is 0 Å². The number of ether oxygens (including phenoxy) is 1. The molecule has 82 valence electrons. The van der Waals surface area contributed by atoms with Gasteiger partial charge in [0.05, 0.1) is 0 Å². The van der Waals surface area contributed by atoms with E-state index in [2.05, 4.69) is 20.3 Å². The zero-order valence-corrected chi connectivity index (χ0v) is 9.50. The number of rotatable bonds is 7. The molecule has 0 spiro atoms. The molecule has 1 aliphatic carbocycles. The highest BCUT2D eigenvalue weighted by atomic mass is 16.5. The minimum absolute atomic E-state index is 0.809. The van der Waals surface area contributed by atoms with Gasteiger partial charge >= 0.3 is 0 Å². The van der Waals surface area contributed by atoms with Crippen molar-refractivity contribution in [1.82, 2.24) is 0 Å². The normalized spacial score (nSPS) is 27.0. The van der Waals surface area contributed by atoms with Gasteiger partial charge in [-0.05, 0) is 43.9 Å². The summed E-state index contributed by atoms with van der Waals surface area (Å²) in [5, 5.41) is 0. The van der Waals surface area contributed by atoms with Crippen molar-refractivity contribution in [3.8, 4) is 0 Å². The Labute approximate surface area is 89.2 Å². The summed E-state index contributed by atoms with van der Waals surface area (Å²) in [7, 11) is 0. The lowest BCUT2D eigenvalue weighted by molar-refractivity contribution is 0.120. The van der Waals surface area contributed by atoms with Crippen LogP contribution in [0.5, 0.6) is 0 Å². The molecule has 1 saturated carbocycles. The monoisotopic (exact) mass is 196 g/mol. The van der Waals surface area contributed by atoms with Crippen LogP contribution in [0.15, 0.2) is 0 Å². The van der Waals surface area contributed by atoms with E-state index in [0.717, 1.165) is 31.5 Å². The van der Waals surface area contributed by atoms with Crippen molar-refractivity contribution in [2.75, 3.05) is 13.2 Å². The smallest absolute Gasteiger partial charge is 0.0468 e. The van der Waals surface area contributed by atoms with Gasteiger partial charge in [0, 0.05) is 13.2 Å². The molecule has 0 aromatic heterocycles. The molecule has 1 rings (SSSR count). The highest BCUT2D eigenvalue weighted by Gasteiger charge is 2.22. The topological polar surface area (TPSA) is 9.23 Å². The Balaban J connectivity index is 1.92. The molecule has 1 aliphatic rings. The fourth-order valence-corrected chi connectivity index (χ4v) is 2.06. The number of hydrogen-bond acceptors (Lipinski definition) is 1. The van der Waals surface area contributed by atoms with Crippen LogP contribution in [0, 0.1) is 25.2 Å². The third-order valence-electron chi connectivity index (χ3n) is 3.12. The third kappa shape index (κ3) is 4.45. The molecule has 0 heterocycles. The fourth-order valence-electron chi connectivity index (χ4n) is 2.06. The fraction of sp³-hybridized carbons (Fsp3) is 0.846. The quantitative estimate of drug-likeness (QED) is 0.565. The van der Waals surface area contributed by atoms with Crippen LogP contribution in [0.2, 0.25) is 0 Å². The molecular formula is C13H24O. The first-order chi connectivity index (χ1) is 6.86. The van der Waals surface area contributed by atoms with Crippen molar-refractivity contribution < 1.29 is 4.74 Å². The van der Waals surface area contributed by atoms with Gasteiger partial charge in [0.2, 0.25) is 0 Å². The maximum Gasteiger partial charge on any atom is 0.0468 e. The van der Waals surface area contributed by atoms with Crippen molar-refractivity contribution >= 4 is 0 Å². The molecule has 0 amide bonds. The van der Waals surface area contributed by atoms with Crippen LogP contribution >= 0.6 is 0 Å². The maximum atomic E-state index is 5.57. The summed E-state index contributed by atoms with van der Waals surface area (Å²) >= 11 is 0. The Kier molecular flexibility index (Phi) is 6.25. The molecule has 2 atom stereocenters. The number of unbranched alkanes of at least 4 members (excludes halogenated alkanes) is 1. The Morgan fingerprint density at radius 1 is 1.43 bits per heavy atom. The lowest BCUT2D eigenvalue weighted by Gasteiger charge is -2.10. The second-order valence-corrected chi connectivity index (χ2v) is 4.38. The molecule has 2 unspecified atom stereocenters. The molecule has 0 bridgehead atoms. The van der Waals surface area contributed by atoms with E-state index in [0.29, 0.717) is 0 Å². The average Bonchev–Trinajstić information content (AvgIpc) is 2.65. The molecule has 1 heteroatoms. The molecule has 1 fully saturated rings. The molecule has 0 aromatic carbocycles. The van der Waals surface area contributed by atoms with Gasteiger partial charge in [0.1, 0.15) is 0 Å². The van der Waals surface area contributed by atoms with Crippen molar-refractivity contribution in [2.24, 2.45) is 11.8 Å². The summed E-state index contributed by atoms with van der Waals surface area (Å²) in [6.07, 6.45) is 9.86. The standard InChI is InChI=1S/C13H24O/c1-3-5-9-14-10-8-13-7-6-12(4-2)11-13/h7,12-13H,2-6,8-11H2,1H3. The van der Waals surface area contributed by atoms with E-state index in [9.17, 15) is 0 Å². The van der Waals surface area contributed by atoms with Crippen LogP contribution in [-0.4, -0.2) is 13.2 Å². The van der Waals surface area contributed by atoms with E-state index in [1.165, 1.54) is 32.1 Å². The third-order valence-corrected chi connectivity index (χ3v) is 3.12. The van der Waals surface area contributed by atoms with Gasteiger partial charge in [-0.1, -0.05) is 26.7 Å². The van der Waals surface area contributed by atoms with E-state index >= 15 is 0 Å². The van der Waals surface area contributed by atoms with Crippen LogP contribution < -0.4 is 0 Å². The number of hydrogen-bond donors (Lipinski definition) is 0. The summed E-state index contributed by atoms with van der Waals surface area (Å²) in [6.45, 7) is 8.07. The van der Waals surface area contributed by atoms with Gasteiger partial charge in [-0.3, -0.25) is 0 Å². The summed E-state index contributed by atoms with van der Waals surface area (Å²) < 4.78 is 5.57. The maximum absolute atomic E-state index is 5.57. The Hall–Kier alpha value is -0.0400. The largest absolute Gasteiger partial charge is 0.381 e. The van der Waals surface area contributed by atoms with Gasteiger partial charge in [-0.2, -0.15) is 0 Å². The van der Waals surface area contributed by atoms with Crippen LogP contribution in [-0.2, 0) is 4.74 Å². The predicted octanol–water partition coefficient (Wildman–Crippen LogP) is 3.65. The molecule has 1 nitrogen and oxygen atoms in total. The summed E-state index contributed by atoms with van der Waals surface area (Å²) in [5.41, 5.74) is 0. The van der Waals surface area contributed by atoms with Gasteiger partial charge in [-0.25, -0.2) is 0 Å². The molecule has 0 aliphatic heterocycles. The highest BCUT2D eigenvalue weighted by Crippen LogP contribution is 2.33. The van der Waals surface area contributed by atoms with Gasteiger partial charge in [0.25, 0.3) is 0 Å². The van der Waals surface area contributed by atoms with Crippen LogP contribution in [0.3, 0.4) is 0 Å². The van der Waals surface area contributed by atoms with Crippen molar-refractivity contribution in [2.45, 2.75) is 45.4 Å². The first kappa shape index (κ1) is 12.0. The van der Waals surface area contributed by atoms with E-state index < -0.39 is 0 Å². The van der Waals surface area contributed by atoms with E-state index in [1.807, 2.05) is 0 Å². The minimum atomic E-state index is 0.809. The van der Waals surface area contributed by atoms with Crippen molar-refractivity contribution in [1.29, 1.82) is 0 Å². The zero-order chi connectivity index (χ0) is 10.2. The molecule has 2 radical (unpaired) electrons. The Morgan fingerprint density at radius 3 is 2.93 bits per heavy atom. The van der Waals surface area contributed by atoms with Gasteiger partial charge < -0.3 is 4.74 Å². The lowest BCUT2D eigenvalue weighted by Crippen LogP contribution is -2.03. The first-order valence-electron chi connectivity index (χ1n) is 6.07. The summed E-state index contributed by atoms with van der Waals surface area (Å²) in [5.74, 6) is 1.67. The molecular weight excluding hydrogens is 172 g/mol. The van der Waals surface area contributed by atoms with Crippen LogP contribution in [0.4, 0.5) is 0 Å². The minimum Gasteiger partial charge on any atom is -0.381 e. The highest BCUT2D eigenvalue weighted by molar-refractivity contribution is 4.89. The first-order valence-corrected chi connectivity index (χ1v) is 6.07. The van der Waals surface area contributed by atoms with E-state index in [1.54, 1.807) is 0 Å².